The van der Waals surface area contributed by atoms with E-state index in [0.717, 1.165) is 5.56 Å². The number of nitrogens with one attached hydrogen (secondary N) is 1. The Labute approximate surface area is 169 Å². The standard InChI is InChI=1S/C19H17ClN6O3/c1-24-15-16(22-18(24)23-21-10-14-4-3-9-29-14)25(2)19(28)26(17(15)27)11-12-5-7-13(20)8-6-12/h3-10H,11H2,1-2H3,(H,22,23)/b21-10-. The summed E-state index contributed by atoms with van der Waals surface area (Å²) in [4.78, 5) is 30.2. The topological polar surface area (TPSA) is 99.3 Å². The SMILES string of the molecule is Cn1c(N/N=C\c2ccco2)nc2c1c(=O)n(Cc1ccc(Cl)cc1)c(=O)n2C. The summed E-state index contributed by atoms with van der Waals surface area (Å²) in [5, 5.41) is 4.64. The van der Waals surface area contributed by atoms with E-state index < -0.39 is 11.2 Å². The van der Waals surface area contributed by atoms with Crippen LogP contribution in [0.5, 0.6) is 0 Å². The van der Waals surface area contributed by atoms with Gasteiger partial charge in [0.1, 0.15) is 5.76 Å². The van der Waals surface area contributed by atoms with Gasteiger partial charge in [-0.05, 0) is 29.8 Å². The number of hydrogen-bond donors (Lipinski definition) is 1. The molecule has 0 atom stereocenters. The molecule has 0 radical (unpaired) electrons. The second-order valence-corrected chi connectivity index (χ2v) is 6.85. The van der Waals surface area contributed by atoms with Gasteiger partial charge in [0.05, 0.1) is 19.0 Å². The molecule has 0 aliphatic heterocycles. The highest BCUT2D eigenvalue weighted by Gasteiger charge is 2.18. The minimum absolute atomic E-state index is 0.128. The van der Waals surface area contributed by atoms with Gasteiger partial charge in [-0.2, -0.15) is 10.1 Å². The number of nitrogens with zero attached hydrogens (tertiary/aromatic N) is 5. The predicted octanol–water partition coefficient (Wildman–Crippen LogP) is 2.17. The van der Waals surface area contributed by atoms with Crippen LogP contribution in [0.1, 0.15) is 11.3 Å². The van der Waals surface area contributed by atoms with E-state index >= 15 is 0 Å². The summed E-state index contributed by atoms with van der Waals surface area (Å²) in [5.41, 5.74) is 3.23. The van der Waals surface area contributed by atoms with Crippen molar-refractivity contribution in [1.82, 2.24) is 18.7 Å². The van der Waals surface area contributed by atoms with Gasteiger partial charge in [0, 0.05) is 19.1 Å². The first-order valence-electron chi connectivity index (χ1n) is 8.69. The lowest BCUT2D eigenvalue weighted by Gasteiger charge is -2.08. The van der Waals surface area contributed by atoms with Crippen LogP contribution < -0.4 is 16.7 Å². The number of furan rings is 1. The van der Waals surface area contributed by atoms with Gasteiger partial charge in [-0.25, -0.2) is 10.2 Å². The molecule has 1 aromatic carbocycles. The fourth-order valence-electron chi connectivity index (χ4n) is 2.97. The molecule has 10 heteroatoms. The molecule has 1 N–H and O–H groups in total. The first-order chi connectivity index (χ1) is 14.0. The Morgan fingerprint density at radius 3 is 2.62 bits per heavy atom. The number of anilines is 1. The average Bonchev–Trinajstić information content (AvgIpc) is 3.34. The molecule has 3 heterocycles. The third-order valence-electron chi connectivity index (χ3n) is 4.51. The van der Waals surface area contributed by atoms with Crippen LogP contribution in [0.4, 0.5) is 5.95 Å². The second-order valence-electron chi connectivity index (χ2n) is 6.41. The lowest BCUT2D eigenvalue weighted by Crippen LogP contribution is -2.39. The maximum absolute atomic E-state index is 13.0. The Bertz CT molecular complexity index is 1310. The molecule has 4 aromatic rings. The maximum Gasteiger partial charge on any atom is 0.332 e. The van der Waals surface area contributed by atoms with Gasteiger partial charge in [0.25, 0.3) is 5.56 Å². The van der Waals surface area contributed by atoms with Crippen LogP contribution in [0.15, 0.2) is 61.8 Å². The van der Waals surface area contributed by atoms with E-state index in [1.165, 1.54) is 21.6 Å². The molecule has 0 bridgehead atoms. The number of fused-ring (bicyclic) bond motifs is 1. The van der Waals surface area contributed by atoms with E-state index in [1.807, 2.05) is 0 Å². The van der Waals surface area contributed by atoms with Crippen molar-refractivity contribution in [1.29, 1.82) is 0 Å². The third-order valence-corrected chi connectivity index (χ3v) is 4.77. The molecule has 0 aliphatic carbocycles. The van der Waals surface area contributed by atoms with Crippen LogP contribution in [0, 0.1) is 0 Å². The lowest BCUT2D eigenvalue weighted by atomic mass is 10.2. The van der Waals surface area contributed by atoms with E-state index in [0.29, 0.717) is 16.7 Å². The number of benzene rings is 1. The number of hydrazone groups is 1. The number of aryl methyl sites for hydroxylation is 2. The fourth-order valence-corrected chi connectivity index (χ4v) is 3.10. The minimum atomic E-state index is -0.457. The van der Waals surface area contributed by atoms with E-state index in [9.17, 15) is 9.59 Å². The first-order valence-corrected chi connectivity index (χ1v) is 9.07. The molecular weight excluding hydrogens is 396 g/mol. The summed E-state index contributed by atoms with van der Waals surface area (Å²) in [6.07, 6.45) is 3.02. The van der Waals surface area contributed by atoms with Crippen LogP contribution in [-0.4, -0.2) is 24.9 Å². The van der Waals surface area contributed by atoms with E-state index in [2.05, 4.69) is 15.5 Å². The van der Waals surface area contributed by atoms with E-state index in [-0.39, 0.29) is 17.7 Å². The summed E-state index contributed by atoms with van der Waals surface area (Å²) in [7, 11) is 3.25. The zero-order chi connectivity index (χ0) is 20.5. The van der Waals surface area contributed by atoms with Gasteiger partial charge < -0.3 is 8.98 Å². The van der Waals surface area contributed by atoms with Crippen molar-refractivity contribution in [2.45, 2.75) is 6.54 Å². The minimum Gasteiger partial charge on any atom is -0.463 e. The third kappa shape index (κ3) is 3.47. The van der Waals surface area contributed by atoms with Crippen molar-refractivity contribution >= 4 is 34.9 Å². The average molecular weight is 413 g/mol. The molecule has 0 fully saturated rings. The molecule has 0 amide bonds. The summed E-state index contributed by atoms with van der Waals surface area (Å²) in [6, 6.07) is 10.5. The van der Waals surface area contributed by atoms with Crippen LogP contribution in [0.25, 0.3) is 11.2 Å². The molecule has 3 aromatic heterocycles. The number of hydrogen-bond acceptors (Lipinski definition) is 6. The van der Waals surface area contributed by atoms with Gasteiger partial charge in [-0.15, -0.1) is 0 Å². The van der Waals surface area contributed by atoms with Crippen molar-refractivity contribution < 1.29 is 4.42 Å². The van der Waals surface area contributed by atoms with Crippen molar-refractivity contribution in [3.8, 4) is 0 Å². The largest absolute Gasteiger partial charge is 0.463 e. The Kier molecular flexibility index (Phi) is 4.81. The van der Waals surface area contributed by atoms with E-state index in [1.54, 1.807) is 55.1 Å². The van der Waals surface area contributed by atoms with Gasteiger partial charge in [-0.1, -0.05) is 23.7 Å². The van der Waals surface area contributed by atoms with Crippen LogP contribution in [0.3, 0.4) is 0 Å². The van der Waals surface area contributed by atoms with E-state index in [4.69, 9.17) is 16.0 Å². The van der Waals surface area contributed by atoms with Crippen LogP contribution in [0.2, 0.25) is 5.02 Å². The van der Waals surface area contributed by atoms with Crippen LogP contribution >= 0.6 is 11.6 Å². The molecule has 4 rings (SSSR count). The zero-order valence-electron chi connectivity index (χ0n) is 15.7. The van der Waals surface area contributed by atoms with Gasteiger partial charge in [0.15, 0.2) is 11.2 Å². The van der Waals surface area contributed by atoms with Gasteiger partial charge in [0.2, 0.25) is 5.95 Å². The fraction of sp³-hybridized carbons (Fsp3) is 0.158. The number of aromatic nitrogens is 4. The number of rotatable bonds is 5. The van der Waals surface area contributed by atoms with Crippen LogP contribution in [-0.2, 0) is 20.6 Å². The molecule has 0 saturated carbocycles. The Morgan fingerprint density at radius 2 is 1.93 bits per heavy atom. The molecule has 29 heavy (non-hydrogen) atoms. The van der Waals surface area contributed by atoms with Gasteiger partial charge >= 0.3 is 5.69 Å². The summed E-state index contributed by atoms with van der Waals surface area (Å²) < 4.78 is 9.25. The molecule has 148 valence electrons. The van der Waals surface area contributed by atoms with Crippen molar-refractivity contribution in [3.05, 3.63) is 79.8 Å². The Balaban J connectivity index is 1.75. The Morgan fingerprint density at radius 1 is 1.17 bits per heavy atom. The van der Waals surface area contributed by atoms with Crippen molar-refractivity contribution in [2.75, 3.05) is 5.43 Å². The molecule has 9 nitrogen and oxygen atoms in total. The summed E-state index contributed by atoms with van der Waals surface area (Å²) in [6.45, 7) is 0.128. The molecular formula is C19H17ClN6O3. The number of halogens is 1. The normalized spacial score (nSPS) is 11.6. The predicted molar refractivity (Wildman–Crippen MR) is 111 cm³/mol. The maximum atomic E-state index is 13.0. The Hall–Kier alpha value is -3.59. The molecule has 0 saturated heterocycles. The van der Waals surface area contributed by atoms with Crippen molar-refractivity contribution in [3.63, 3.8) is 0 Å². The highest BCUT2D eigenvalue weighted by molar-refractivity contribution is 6.30. The second kappa shape index (κ2) is 7.44. The lowest BCUT2D eigenvalue weighted by molar-refractivity contribution is 0.560. The highest BCUT2D eigenvalue weighted by Crippen LogP contribution is 2.14. The quantitative estimate of drug-likeness (QED) is 0.400. The first kappa shape index (κ1) is 18.8. The van der Waals surface area contributed by atoms with Crippen molar-refractivity contribution in [2.24, 2.45) is 19.2 Å². The smallest absolute Gasteiger partial charge is 0.332 e. The number of imidazole rings is 1. The molecule has 0 spiro atoms. The summed E-state index contributed by atoms with van der Waals surface area (Å²) in [5.74, 6) is 0.883. The summed E-state index contributed by atoms with van der Waals surface area (Å²) >= 11 is 5.91. The molecule has 0 unspecified atom stereocenters. The molecule has 0 aliphatic rings. The highest BCUT2D eigenvalue weighted by atomic mass is 35.5. The monoisotopic (exact) mass is 412 g/mol. The zero-order valence-corrected chi connectivity index (χ0v) is 16.4. The van der Waals surface area contributed by atoms with Gasteiger partial charge in [-0.3, -0.25) is 13.9 Å².